The number of nitrogens with one attached hydrogen (secondary N) is 2. The molecule has 0 atom stereocenters. The summed E-state index contributed by atoms with van der Waals surface area (Å²) in [6.45, 7) is 8.93. The number of hydrogen-bond donors (Lipinski definition) is 2. The van der Waals surface area contributed by atoms with E-state index >= 15 is 0 Å². The molecule has 0 spiro atoms. The third-order valence-electron chi connectivity index (χ3n) is 3.62. The van der Waals surface area contributed by atoms with Crippen LogP contribution in [0.15, 0.2) is 23.3 Å². The van der Waals surface area contributed by atoms with Crippen LogP contribution in [-0.2, 0) is 11.3 Å². The van der Waals surface area contributed by atoms with Crippen molar-refractivity contribution in [3.05, 3.63) is 23.9 Å². The molecular weight excluding hydrogens is 421 g/mol. The Labute approximate surface area is 161 Å². The lowest BCUT2D eigenvalue weighted by Gasteiger charge is -2.26. The fourth-order valence-corrected chi connectivity index (χ4v) is 2.39. The van der Waals surface area contributed by atoms with Crippen molar-refractivity contribution in [2.75, 3.05) is 53.0 Å². The normalized spacial score (nSPS) is 15.5. The van der Waals surface area contributed by atoms with Crippen molar-refractivity contribution in [3.63, 3.8) is 0 Å². The van der Waals surface area contributed by atoms with Crippen LogP contribution in [0, 0.1) is 0 Å². The maximum absolute atomic E-state index is 5.36. The van der Waals surface area contributed by atoms with E-state index in [-0.39, 0.29) is 24.0 Å². The molecule has 0 saturated carbocycles. The number of guanidine groups is 1. The van der Waals surface area contributed by atoms with Gasteiger partial charge in [-0.2, -0.15) is 0 Å². The van der Waals surface area contributed by atoms with Gasteiger partial charge in [-0.05, 0) is 13.0 Å². The highest BCUT2D eigenvalue weighted by atomic mass is 127. The van der Waals surface area contributed by atoms with E-state index in [9.17, 15) is 0 Å². The van der Waals surface area contributed by atoms with E-state index in [1.165, 1.54) is 0 Å². The molecule has 2 heterocycles. The van der Waals surface area contributed by atoms with Gasteiger partial charge < -0.3 is 20.1 Å². The Morgan fingerprint density at radius 2 is 2.17 bits per heavy atom. The van der Waals surface area contributed by atoms with Crippen molar-refractivity contribution < 1.29 is 9.47 Å². The van der Waals surface area contributed by atoms with Gasteiger partial charge in [0.05, 0.1) is 26.9 Å². The van der Waals surface area contributed by atoms with E-state index < -0.39 is 0 Å². The quantitative estimate of drug-likeness (QED) is 0.369. The summed E-state index contributed by atoms with van der Waals surface area (Å²) in [5, 5.41) is 6.63. The smallest absolute Gasteiger partial charge is 0.218 e. The number of morpholine rings is 1. The summed E-state index contributed by atoms with van der Waals surface area (Å²) in [6.07, 6.45) is 1.72. The van der Waals surface area contributed by atoms with Crippen molar-refractivity contribution in [2.45, 2.75) is 13.5 Å². The van der Waals surface area contributed by atoms with E-state index in [0.29, 0.717) is 12.4 Å². The van der Waals surface area contributed by atoms with Crippen LogP contribution >= 0.6 is 24.0 Å². The van der Waals surface area contributed by atoms with Crippen molar-refractivity contribution in [1.29, 1.82) is 0 Å². The lowest BCUT2D eigenvalue weighted by Crippen LogP contribution is -2.44. The number of rotatable bonds is 7. The monoisotopic (exact) mass is 449 g/mol. The molecule has 2 rings (SSSR count). The average Bonchev–Trinajstić information content (AvgIpc) is 2.61. The van der Waals surface area contributed by atoms with Crippen LogP contribution in [0.3, 0.4) is 0 Å². The van der Waals surface area contributed by atoms with E-state index in [1.54, 1.807) is 13.3 Å². The highest BCUT2D eigenvalue weighted by Gasteiger charge is 2.09. The molecule has 136 valence electrons. The highest BCUT2D eigenvalue weighted by Crippen LogP contribution is 2.14. The van der Waals surface area contributed by atoms with Crippen molar-refractivity contribution >= 4 is 29.9 Å². The molecule has 1 fully saturated rings. The molecule has 24 heavy (non-hydrogen) atoms. The van der Waals surface area contributed by atoms with Crippen molar-refractivity contribution in [2.24, 2.45) is 4.99 Å². The third-order valence-corrected chi connectivity index (χ3v) is 3.62. The molecule has 0 aromatic carbocycles. The lowest BCUT2D eigenvalue weighted by atomic mass is 10.3. The topological polar surface area (TPSA) is 71.0 Å². The van der Waals surface area contributed by atoms with Gasteiger partial charge in [-0.25, -0.2) is 9.98 Å². The van der Waals surface area contributed by atoms with Gasteiger partial charge in [-0.15, -0.1) is 24.0 Å². The Hall–Kier alpha value is -1.13. The second-order valence-electron chi connectivity index (χ2n) is 5.25. The predicted octanol–water partition coefficient (Wildman–Crippen LogP) is 1.10. The summed E-state index contributed by atoms with van der Waals surface area (Å²) in [6, 6.07) is 3.87. The minimum absolute atomic E-state index is 0. The molecule has 1 aromatic heterocycles. The van der Waals surface area contributed by atoms with Gasteiger partial charge in [0.1, 0.15) is 0 Å². The van der Waals surface area contributed by atoms with Gasteiger partial charge in [-0.3, -0.25) is 4.90 Å². The SMILES string of the molecule is CCNC(=NCc1cccnc1OC)NCCN1CCOCC1.I. The molecule has 1 aliphatic rings. The molecule has 0 unspecified atom stereocenters. The van der Waals surface area contributed by atoms with E-state index in [0.717, 1.165) is 57.5 Å². The molecule has 0 radical (unpaired) electrons. The van der Waals surface area contributed by atoms with Crippen molar-refractivity contribution in [3.8, 4) is 5.88 Å². The van der Waals surface area contributed by atoms with E-state index in [1.807, 2.05) is 12.1 Å². The maximum atomic E-state index is 5.36. The zero-order chi connectivity index (χ0) is 16.3. The van der Waals surface area contributed by atoms with Crippen LogP contribution < -0.4 is 15.4 Å². The highest BCUT2D eigenvalue weighted by molar-refractivity contribution is 14.0. The van der Waals surface area contributed by atoms with Crippen LogP contribution in [0.25, 0.3) is 0 Å². The summed E-state index contributed by atoms with van der Waals surface area (Å²) in [4.78, 5) is 11.2. The number of aromatic nitrogens is 1. The molecule has 2 N–H and O–H groups in total. The first-order valence-electron chi connectivity index (χ1n) is 8.13. The van der Waals surface area contributed by atoms with Crippen LogP contribution in [0.1, 0.15) is 12.5 Å². The Balaban J connectivity index is 0.00000288. The molecule has 7 nitrogen and oxygen atoms in total. The molecule has 1 aliphatic heterocycles. The lowest BCUT2D eigenvalue weighted by molar-refractivity contribution is 0.0389. The summed E-state index contributed by atoms with van der Waals surface area (Å²) in [5.41, 5.74) is 0.973. The van der Waals surface area contributed by atoms with Gasteiger partial charge in [-0.1, -0.05) is 6.07 Å². The molecule has 8 heteroatoms. The van der Waals surface area contributed by atoms with Crippen LogP contribution in [-0.4, -0.2) is 68.9 Å². The van der Waals surface area contributed by atoms with Crippen LogP contribution in [0.4, 0.5) is 0 Å². The number of pyridine rings is 1. The fourth-order valence-electron chi connectivity index (χ4n) is 2.39. The van der Waals surface area contributed by atoms with Gasteiger partial charge in [0, 0.05) is 44.5 Å². The minimum Gasteiger partial charge on any atom is -0.481 e. The van der Waals surface area contributed by atoms with Gasteiger partial charge in [0.2, 0.25) is 5.88 Å². The summed E-state index contributed by atoms with van der Waals surface area (Å²) in [7, 11) is 1.63. The molecule has 0 bridgehead atoms. The number of halogens is 1. The van der Waals surface area contributed by atoms with Gasteiger partial charge >= 0.3 is 0 Å². The maximum Gasteiger partial charge on any atom is 0.218 e. The molecule has 1 aromatic rings. The predicted molar refractivity (Wildman–Crippen MR) is 106 cm³/mol. The minimum atomic E-state index is 0. The second kappa shape index (κ2) is 12.3. The van der Waals surface area contributed by atoms with Crippen molar-refractivity contribution in [1.82, 2.24) is 20.5 Å². The average molecular weight is 449 g/mol. The van der Waals surface area contributed by atoms with Gasteiger partial charge in [0.25, 0.3) is 0 Å². The number of nitrogens with zero attached hydrogens (tertiary/aromatic N) is 3. The zero-order valence-corrected chi connectivity index (χ0v) is 16.8. The number of hydrogen-bond acceptors (Lipinski definition) is 5. The van der Waals surface area contributed by atoms with E-state index in [2.05, 4.69) is 32.4 Å². The Morgan fingerprint density at radius 3 is 2.88 bits per heavy atom. The first-order chi connectivity index (χ1) is 11.3. The van der Waals surface area contributed by atoms with Gasteiger partial charge in [0.15, 0.2) is 5.96 Å². The van der Waals surface area contributed by atoms with Crippen LogP contribution in [0.2, 0.25) is 0 Å². The van der Waals surface area contributed by atoms with E-state index in [4.69, 9.17) is 9.47 Å². The molecule has 1 saturated heterocycles. The summed E-state index contributed by atoms with van der Waals surface area (Å²) in [5.74, 6) is 1.44. The fraction of sp³-hybridized carbons (Fsp3) is 0.625. The third kappa shape index (κ3) is 7.18. The Morgan fingerprint density at radius 1 is 1.38 bits per heavy atom. The Bertz CT molecular complexity index is 495. The first-order valence-corrected chi connectivity index (χ1v) is 8.13. The largest absolute Gasteiger partial charge is 0.481 e. The standard InChI is InChI=1S/C16H27N5O2.HI/c1-3-17-16(19-7-8-21-9-11-23-12-10-21)20-13-14-5-4-6-18-15(14)22-2;/h4-6H,3,7-13H2,1-2H3,(H2,17,19,20);1H. The molecule has 0 amide bonds. The molecule has 0 aliphatic carbocycles. The first kappa shape index (κ1) is 20.9. The summed E-state index contributed by atoms with van der Waals surface area (Å²) >= 11 is 0. The number of ether oxygens (including phenoxy) is 2. The Kier molecular flexibility index (Phi) is 10.7. The zero-order valence-electron chi connectivity index (χ0n) is 14.5. The summed E-state index contributed by atoms with van der Waals surface area (Å²) < 4.78 is 10.6. The number of aliphatic imine (C=N–C) groups is 1. The second-order valence-corrected chi connectivity index (χ2v) is 5.25. The number of methoxy groups -OCH3 is 1. The van der Waals surface area contributed by atoms with Crippen LogP contribution in [0.5, 0.6) is 5.88 Å². The molecular formula is C16H28IN5O2.